The first-order chi connectivity index (χ1) is 12.4. The van der Waals surface area contributed by atoms with Crippen molar-refractivity contribution in [2.75, 3.05) is 0 Å². The van der Waals surface area contributed by atoms with Gasteiger partial charge in [-0.05, 0) is 24.1 Å². The quantitative estimate of drug-likeness (QED) is 0.650. The van der Waals surface area contributed by atoms with Gasteiger partial charge < -0.3 is 15.5 Å². The average molecular weight is 352 g/mol. The lowest BCUT2D eigenvalue weighted by Gasteiger charge is -2.17. The molecule has 8 heteroatoms. The topological polar surface area (TPSA) is 117 Å². The summed E-state index contributed by atoms with van der Waals surface area (Å²) < 4.78 is 1.42. The highest BCUT2D eigenvalue weighted by molar-refractivity contribution is 5.94. The van der Waals surface area contributed by atoms with Gasteiger partial charge in [-0.15, -0.1) is 0 Å². The van der Waals surface area contributed by atoms with Crippen molar-refractivity contribution in [3.05, 3.63) is 64.6 Å². The van der Waals surface area contributed by atoms with Gasteiger partial charge in [0.15, 0.2) is 17.0 Å². The van der Waals surface area contributed by atoms with Gasteiger partial charge in [0, 0.05) is 18.2 Å². The molecular formula is C18H16N4O4. The standard InChI is InChI=1S/C18H16N4O4/c1-9-6-13(18(25)26)19-15-8-12(21-22(9)15)17(24)20-16-11-5-3-2-4-10(11)7-14(16)23/h2-6,8,14,16,23H,7H2,1H3,(H,20,24)(H,25,26). The van der Waals surface area contributed by atoms with E-state index in [0.29, 0.717) is 12.1 Å². The van der Waals surface area contributed by atoms with Gasteiger partial charge in [0.05, 0.1) is 12.1 Å². The number of carbonyl (C=O) groups is 2. The highest BCUT2D eigenvalue weighted by Gasteiger charge is 2.32. The van der Waals surface area contributed by atoms with E-state index in [-0.39, 0.29) is 17.0 Å². The number of aromatic nitrogens is 3. The zero-order valence-electron chi connectivity index (χ0n) is 13.9. The second-order valence-electron chi connectivity index (χ2n) is 6.31. The Morgan fingerprint density at radius 1 is 1.23 bits per heavy atom. The zero-order valence-corrected chi connectivity index (χ0v) is 13.9. The molecule has 1 amide bonds. The molecule has 1 aliphatic rings. The van der Waals surface area contributed by atoms with Gasteiger partial charge in [0.2, 0.25) is 0 Å². The second kappa shape index (κ2) is 5.92. The lowest BCUT2D eigenvalue weighted by molar-refractivity contribution is 0.0690. The Morgan fingerprint density at radius 3 is 2.77 bits per heavy atom. The summed E-state index contributed by atoms with van der Waals surface area (Å²) in [6, 6.07) is 9.88. The summed E-state index contributed by atoms with van der Waals surface area (Å²) in [5, 5.41) is 26.4. The van der Waals surface area contributed by atoms with Crippen molar-refractivity contribution >= 4 is 17.5 Å². The number of carbonyl (C=O) groups excluding carboxylic acids is 1. The first-order valence-electron chi connectivity index (χ1n) is 8.11. The number of fused-ring (bicyclic) bond motifs is 2. The minimum absolute atomic E-state index is 0.109. The molecule has 3 N–H and O–H groups in total. The molecular weight excluding hydrogens is 336 g/mol. The average Bonchev–Trinajstić information content (AvgIpc) is 3.17. The molecule has 2 atom stereocenters. The van der Waals surface area contributed by atoms with Crippen molar-refractivity contribution in [2.24, 2.45) is 0 Å². The minimum Gasteiger partial charge on any atom is -0.477 e. The van der Waals surface area contributed by atoms with Crippen LogP contribution in [0.2, 0.25) is 0 Å². The van der Waals surface area contributed by atoms with E-state index in [1.54, 1.807) is 6.92 Å². The fraction of sp³-hybridized carbons (Fsp3) is 0.222. The van der Waals surface area contributed by atoms with E-state index in [0.717, 1.165) is 11.1 Å². The number of carboxylic acids is 1. The van der Waals surface area contributed by atoms with Gasteiger partial charge in [-0.25, -0.2) is 14.3 Å². The van der Waals surface area contributed by atoms with Crippen molar-refractivity contribution in [1.29, 1.82) is 0 Å². The molecule has 4 rings (SSSR count). The number of rotatable bonds is 3. The predicted octanol–water partition coefficient (Wildman–Crippen LogP) is 1.12. The SMILES string of the molecule is Cc1cc(C(=O)O)nc2cc(C(=O)NC3c4ccccc4CC3O)nn12. The molecule has 1 aliphatic carbocycles. The summed E-state index contributed by atoms with van der Waals surface area (Å²) in [4.78, 5) is 27.7. The Hall–Kier alpha value is -3.26. The van der Waals surface area contributed by atoms with Crippen LogP contribution in [0.25, 0.3) is 5.65 Å². The second-order valence-corrected chi connectivity index (χ2v) is 6.31. The molecule has 2 unspecified atom stereocenters. The molecule has 0 saturated carbocycles. The van der Waals surface area contributed by atoms with Crippen molar-refractivity contribution < 1.29 is 19.8 Å². The van der Waals surface area contributed by atoms with Crippen LogP contribution < -0.4 is 5.32 Å². The third kappa shape index (κ3) is 2.60. The maximum atomic E-state index is 12.6. The molecule has 8 nitrogen and oxygen atoms in total. The summed E-state index contributed by atoms with van der Waals surface area (Å²) in [7, 11) is 0. The lowest BCUT2D eigenvalue weighted by Crippen LogP contribution is -2.34. The molecule has 0 radical (unpaired) electrons. The Labute approximate surface area is 148 Å². The van der Waals surface area contributed by atoms with E-state index in [1.165, 1.54) is 16.6 Å². The van der Waals surface area contributed by atoms with Gasteiger partial charge in [0.25, 0.3) is 5.91 Å². The Bertz CT molecular complexity index is 1040. The van der Waals surface area contributed by atoms with Gasteiger partial charge >= 0.3 is 5.97 Å². The highest BCUT2D eigenvalue weighted by Crippen LogP contribution is 2.31. The maximum absolute atomic E-state index is 12.6. The van der Waals surface area contributed by atoms with Gasteiger partial charge in [-0.3, -0.25) is 4.79 Å². The Morgan fingerprint density at radius 2 is 2.00 bits per heavy atom. The molecule has 132 valence electrons. The molecule has 0 fully saturated rings. The van der Waals surface area contributed by atoms with E-state index in [2.05, 4.69) is 15.4 Å². The van der Waals surface area contributed by atoms with Crippen LogP contribution in [0, 0.1) is 6.92 Å². The van der Waals surface area contributed by atoms with Gasteiger partial charge in [0.1, 0.15) is 0 Å². The maximum Gasteiger partial charge on any atom is 0.354 e. The lowest BCUT2D eigenvalue weighted by atomic mass is 10.1. The largest absolute Gasteiger partial charge is 0.477 e. The molecule has 3 aromatic rings. The summed E-state index contributed by atoms with van der Waals surface area (Å²) >= 11 is 0. The Balaban J connectivity index is 1.65. The van der Waals surface area contributed by atoms with E-state index in [4.69, 9.17) is 5.11 Å². The highest BCUT2D eigenvalue weighted by atomic mass is 16.4. The number of aliphatic hydroxyl groups excluding tert-OH is 1. The van der Waals surface area contributed by atoms with E-state index >= 15 is 0 Å². The van der Waals surface area contributed by atoms with E-state index in [9.17, 15) is 14.7 Å². The summed E-state index contributed by atoms with van der Waals surface area (Å²) in [5.41, 5.74) is 2.72. The number of carboxylic acid groups (broad SMARTS) is 1. The third-order valence-corrected chi connectivity index (χ3v) is 4.55. The number of hydrogen-bond donors (Lipinski definition) is 3. The van der Waals surface area contributed by atoms with E-state index in [1.807, 2.05) is 24.3 Å². The molecule has 2 aromatic heterocycles. The molecule has 0 aliphatic heterocycles. The van der Waals surface area contributed by atoms with Crippen LogP contribution in [0.4, 0.5) is 0 Å². The van der Waals surface area contributed by atoms with Crippen LogP contribution in [-0.2, 0) is 6.42 Å². The van der Waals surface area contributed by atoms with Crippen molar-refractivity contribution in [2.45, 2.75) is 25.5 Å². The number of aryl methyl sites for hydroxylation is 1. The number of aliphatic hydroxyl groups is 1. The smallest absolute Gasteiger partial charge is 0.354 e. The number of benzene rings is 1. The molecule has 26 heavy (non-hydrogen) atoms. The van der Waals surface area contributed by atoms with Crippen LogP contribution in [0.15, 0.2) is 36.4 Å². The molecule has 2 heterocycles. The van der Waals surface area contributed by atoms with Crippen LogP contribution in [0.5, 0.6) is 0 Å². The van der Waals surface area contributed by atoms with Crippen LogP contribution in [0.3, 0.4) is 0 Å². The molecule has 0 saturated heterocycles. The normalized spacial score (nSPS) is 18.7. The first kappa shape index (κ1) is 16.2. The number of nitrogens with zero attached hydrogens (tertiary/aromatic N) is 3. The number of nitrogens with one attached hydrogen (secondary N) is 1. The fourth-order valence-corrected chi connectivity index (χ4v) is 3.31. The van der Waals surface area contributed by atoms with Gasteiger partial charge in [-0.1, -0.05) is 24.3 Å². The van der Waals surface area contributed by atoms with Crippen molar-refractivity contribution in [1.82, 2.24) is 19.9 Å². The summed E-state index contributed by atoms with van der Waals surface area (Å²) in [5.74, 6) is -1.60. The number of hydrogen-bond acceptors (Lipinski definition) is 5. The van der Waals surface area contributed by atoms with Gasteiger partial charge in [-0.2, -0.15) is 5.10 Å². The zero-order chi connectivity index (χ0) is 18.4. The van der Waals surface area contributed by atoms with Crippen LogP contribution >= 0.6 is 0 Å². The van der Waals surface area contributed by atoms with Crippen LogP contribution in [0.1, 0.15) is 43.8 Å². The fourth-order valence-electron chi connectivity index (χ4n) is 3.31. The first-order valence-corrected chi connectivity index (χ1v) is 8.11. The molecule has 0 spiro atoms. The molecule has 1 aromatic carbocycles. The van der Waals surface area contributed by atoms with E-state index < -0.39 is 24.0 Å². The number of aromatic carboxylic acids is 1. The summed E-state index contributed by atoms with van der Waals surface area (Å²) in [6.07, 6.45) is -0.221. The third-order valence-electron chi connectivity index (χ3n) is 4.55. The van der Waals surface area contributed by atoms with Crippen molar-refractivity contribution in [3.63, 3.8) is 0 Å². The number of amides is 1. The predicted molar refractivity (Wildman–Crippen MR) is 91.0 cm³/mol. The Kier molecular flexibility index (Phi) is 3.69. The van der Waals surface area contributed by atoms with Crippen molar-refractivity contribution in [3.8, 4) is 0 Å². The van der Waals surface area contributed by atoms with Crippen LogP contribution in [-0.4, -0.2) is 42.8 Å². The minimum atomic E-state index is -1.14. The monoisotopic (exact) mass is 352 g/mol. The molecule has 0 bridgehead atoms. The summed E-state index contributed by atoms with van der Waals surface area (Å²) in [6.45, 7) is 1.69.